The highest BCUT2D eigenvalue weighted by Gasteiger charge is 2.35. The molecule has 1 unspecified atom stereocenters. The summed E-state index contributed by atoms with van der Waals surface area (Å²) in [5, 5.41) is 9.17. The third-order valence-electron chi connectivity index (χ3n) is 4.07. The summed E-state index contributed by atoms with van der Waals surface area (Å²) in [7, 11) is 0. The predicted octanol–water partition coefficient (Wildman–Crippen LogP) is 2.86. The van der Waals surface area contributed by atoms with E-state index in [1.165, 1.54) is 4.90 Å². The molecule has 1 saturated heterocycles. The van der Waals surface area contributed by atoms with Crippen LogP contribution in [-0.2, 0) is 11.4 Å². The zero-order valence-corrected chi connectivity index (χ0v) is 13.4. The monoisotopic (exact) mass is 329 g/mol. The third kappa shape index (κ3) is 3.42. The third-order valence-corrected chi connectivity index (χ3v) is 4.07. The number of carbonyl (C=O) groups is 2. The van der Waals surface area contributed by atoms with E-state index in [9.17, 15) is 9.59 Å². The van der Waals surface area contributed by atoms with Crippen molar-refractivity contribution >= 4 is 11.9 Å². The fourth-order valence-corrected chi connectivity index (χ4v) is 2.77. The average molecular weight is 329 g/mol. The van der Waals surface area contributed by atoms with Crippen LogP contribution in [0.3, 0.4) is 0 Å². The quantitative estimate of drug-likeness (QED) is 0.912. The van der Waals surface area contributed by atoms with Crippen molar-refractivity contribution in [3.05, 3.63) is 53.5 Å². The molecule has 1 N–H and O–H groups in total. The first-order chi connectivity index (χ1) is 11.5. The summed E-state index contributed by atoms with van der Waals surface area (Å²) in [4.78, 5) is 25.0. The molecule has 2 aromatic rings. The number of carbonyl (C=O) groups excluding carboxylic acids is 1. The largest absolute Gasteiger partial charge is 0.486 e. The number of rotatable bonds is 5. The summed E-state index contributed by atoms with van der Waals surface area (Å²) < 4.78 is 11.1. The first-order valence-electron chi connectivity index (χ1n) is 7.86. The highest BCUT2D eigenvalue weighted by molar-refractivity contribution is 5.94. The molecule has 6 nitrogen and oxygen atoms in total. The SMILES string of the molecule is Cc1ccc(OCc2ccc(C(=O)N3CCCC3C(=O)O)o2)cc1. The number of amides is 1. The number of nitrogens with zero attached hydrogens (tertiary/aromatic N) is 1. The molecule has 0 saturated carbocycles. The standard InChI is InChI=1S/C18H19NO5/c1-12-4-6-13(7-5-12)23-11-14-8-9-16(24-14)17(20)19-10-2-3-15(19)18(21)22/h4-9,15H,2-3,10-11H2,1H3,(H,21,22). The Morgan fingerprint density at radius 1 is 1.25 bits per heavy atom. The van der Waals surface area contributed by atoms with Crippen LogP contribution in [0.25, 0.3) is 0 Å². The lowest BCUT2D eigenvalue weighted by atomic mass is 10.2. The number of benzene rings is 1. The van der Waals surface area contributed by atoms with Gasteiger partial charge in [-0.3, -0.25) is 4.79 Å². The van der Waals surface area contributed by atoms with Crippen LogP contribution >= 0.6 is 0 Å². The van der Waals surface area contributed by atoms with Crippen molar-refractivity contribution in [3.8, 4) is 5.75 Å². The highest BCUT2D eigenvalue weighted by Crippen LogP contribution is 2.22. The van der Waals surface area contributed by atoms with Crippen LogP contribution in [0.4, 0.5) is 0 Å². The van der Waals surface area contributed by atoms with Crippen LogP contribution in [0.1, 0.15) is 34.7 Å². The minimum Gasteiger partial charge on any atom is -0.486 e. The van der Waals surface area contributed by atoms with Crippen molar-refractivity contribution in [1.82, 2.24) is 4.90 Å². The fourth-order valence-electron chi connectivity index (χ4n) is 2.77. The summed E-state index contributed by atoms with van der Waals surface area (Å²) in [5.74, 6) is 0.0165. The van der Waals surface area contributed by atoms with Gasteiger partial charge in [-0.25, -0.2) is 4.79 Å². The van der Waals surface area contributed by atoms with Crippen molar-refractivity contribution in [2.75, 3.05) is 6.54 Å². The van der Waals surface area contributed by atoms with Crippen molar-refractivity contribution in [2.45, 2.75) is 32.4 Å². The molecule has 24 heavy (non-hydrogen) atoms. The molecule has 1 aliphatic heterocycles. The van der Waals surface area contributed by atoms with E-state index in [4.69, 9.17) is 14.3 Å². The maximum atomic E-state index is 12.4. The maximum Gasteiger partial charge on any atom is 0.326 e. The van der Waals surface area contributed by atoms with E-state index in [2.05, 4.69) is 0 Å². The lowest BCUT2D eigenvalue weighted by molar-refractivity contribution is -0.141. The smallest absolute Gasteiger partial charge is 0.326 e. The first kappa shape index (κ1) is 16.1. The number of likely N-dealkylation sites (tertiary alicyclic amines) is 1. The molecule has 3 rings (SSSR count). The molecule has 1 fully saturated rings. The van der Waals surface area contributed by atoms with Gasteiger partial charge in [-0.15, -0.1) is 0 Å². The van der Waals surface area contributed by atoms with E-state index < -0.39 is 12.0 Å². The molecule has 1 amide bonds. The molecule has 1 atom stereocenters. The molecule has 1 aromatic carbocycles. The van der Waals surface area contributed by atoms with E-state index >= 15 is 0 Å². The Morgan fingerprint density at radius 2 is 2.00 bits per heavy atom. The second-order valence-electron chi connectivity index (χ2n) is 5.86. The van der Waals surface area contributed by atoms with Crippen LogP contribution < -0.4 is 4.74 Å². The van der Waals surface area contributed by atoms with Gasteiger partial charge in [0.2, 0.25) is 0 Å². The zero-order chi connectivity index (χ0) is 17.1. The van der Waals surface area contributed by atoms with Crippen molar-refractivity contribution < 1.29 is 23.8 Å². The molecule has 126 valence electrons. The van der Waals surface area contributed by atoms with Gasteiger partial charge in [0.05, 0.1) is 0 Å². The summed E-state index contributed by atoms with van der Waals surface area (Å²) in [6, 6.07) is 10.1. The molecule has 1 aliphatic rings. The molecule has 6 heteroatoms. The number of hydrogen-bond donors (Lipinski definition) is 1. The first-order valence-corrected chi connectivity index (χ1v) is 7.86. The number of aryl methyl sites for hydroxylation is 1. The maximum absolute atomic E-state index is 12.4. The number of hydrogen-bond acceptors (Lipinski definition) is 4. The van der Waals surface area contributed by atoms with E-state index in [0.717, 1.165) is 11.3 Å². The number of ether oxygens (including phenoxy) is 1. The van der Waals surface area contributed by atoms with Crippen molar-refractivity contribution in [1.29, 1.82) is 0 Å². The molecule has 0 radical (unpaired) electrons. The van der Waals surface area contributed by atoms with E-state index in [1.807, 2.05) is 31.2 Å². The fraction of sp³-hybridized carbons (Fsp3) is 0.333. The molecule has 1 aromatic heterocycles. The van der Waals surface area contributed by atoms with Crippen molar-refractivity contribution in [3.63, 3.8) is 0 Å². The van der Waals surface area contributed by atoms with Crippen molar-refractivity contribution in [2.24, 2.45) is 0 Å². The van der Waals surface area contributed by atoms with Gasteiger partial charge >= 0.3 is 5.97 Å². The Bertz CT molecular complexity index is 734. The molecule has 0 bridgehead atoms. The second kappa shape index (κ2) is 6.78. The van der Waals surface area contributed by atoms with Crippen LogP contribution in [0.5, 0.6) is 5.75 Å². The van der Waals surface area contributed by atoms with Crippen LogP contribution in [-0.4, -0.2) is 34.5 Å². The molecule has 0 aliphatic carbocycles. The van der Waals surface area contributed by atoms with Gasteiger partial charge in [-0.05, 0) is 44.0 Å². The van der Waals surface area contributed by atoms with Gasteiger partial charge in [0, 0.05) is 6.54 Å². The predicted molar refractivity (Wildman–Crippen MR) is 85.9 cm³/mol. The normalized spacial score (nSPS) is 17.0. The van der Waals surface area contributed by atoms with Crippen LogP contribution in [0.15, 0.2) is 40.8 Å². The van der Waals surface area contributed by atoms with Crippen LogP contribution in [0, 0.1) is 6.92 Å². The van der Waals surface area contributed by atoms with E-state index in [0.29, 0.717) is 25.1 Å². The number of carboxylic acids is 1. The molecular weight excluding hydrogens is 310 g/mol. The summed E-state index contributed by atoms with van der Waals surface area (Å²) >= 11 is 0. The van der Waals surface area contributed by atoms with Gasteiger partial charge < -0.3 is 19.2 Å². The van der Waals surface area contributed by atoms with Gasteiger partial charge in [-0.2, -0.15) is 0 Å². The molecule has 2 heterocycles. The minimum absolute atomic E-state index is 0.144. The number of furan rings is 1. The lowest BCUT2D eigenvalue weighted by Crippen LogP contribution is -2.40. The number of aliphatic carboxylic acids is 1. The Balaban J connectivity index is 1.63. The van der Waals surface area contributed by atoms with E-state index in [-0.39, 0.29) is 18.3 Å². The Hall–Kier alpha value is -2.76. The Morgan fingerprint density at radius 3 is 2.71 bits per heavy atom. The summed E-state index contributed by atoms with van der Waals surface area (Å²) in [6.07, 6.45) is 1.16. The van der Waals surface area contributed by atoms with Gasteiger partial charge in [0.25, 0.3) is 5.91 Å². The van der Waals surface area contributed by atoms with Gasteiger partial charge in [0.1, 0.15) is 24.2 Å². The van der Waals surface area contributed by atoms with Gasteiger partial charge in [-0.1, -0.05) is 17.7 Å². The Labute approximate surface area is 139 Å². The Kier molecular flexibility index (Phi) is 4.55. The van der Waals surface area contributed by atoms with Crippen LogP contribution in [0.2, 0.25) is 0 Å². The second-order valence-corrected chi connectivity index (χ2v) is 5.86. The highest BCUT2D eigenvalue weighted by atomic mass is 16.5. The molecular formula is C18H19NO5. The lowest BCUT2D eigenvalue weighted by Gasteiger charge is -2.19. The number of carboxylic acid groups (broad SMARTS) is 1. The average Bonchev–Trinajstić information content (AvgIpc) is 3.23. The molecule has 0 spiro atoms. The van der Waals surface area contributed by atoms with E-state index in [1.54, 1.807) is 12.1 Å². The minimum atomic E-state index is -0.977. The topological polar surface area (TPSA) is 80.0 Å². The zero-order valence-electron chi connectivity index (χ0n) is 13.4. The van der Waals surface area contributed by atoms with Gasteiger partial charge in [0.15, 0.2) is 5.76 Å². The summed E-state index contributed by atoms with van der Waals surface area (Å²) in [5.41, 5.74) is 1.15. The summed E-state index contributed by atoms with van der Waals surface area (Å²) in [6.45, 7) is 2.64.